The zero-order chi connectivity index (χ0) is 21.3. The number of benzene rings is 2. The van der Waals surface area contributed by atoms with Crippen LogP contribution in [0.4, 0.5) is 5.69 Å². The highest BCUT2D eigenvalue weighted by atomic mass is 16.5. The lowest BCUT2D eigenvalue weighted by molar-refractivity contribution is -0.133. The molecule has 0 saturated carbocycles. The van der Waals surface area contributed by atoms with E-state index in [4.69, 9.17) is 4.74 Å². The number of rotatable bonds is 3. The smallest absolute Gasteiger partial charge is 0.254 e. The zero-order valence-corrected chi connectivity index (χ0v) is 17.9. The molecule has 2 aliphatic heterocycles. The summed E-state index contributed by atoms with van der Waals surface area (Å²) >= 11 is 0. The fraction of sp³-hybridized carbons (Fsp3) is 0.417. The Morgan fingerprint density at radius 3 is 2.70 bits per heavy atom. The van der Waals surface area contributed by atoms with Crippen molar-refractivity contribution in [1.82, 2.24) is 9.80 Å². The van der Waals surface area contributed by atoms with Crippen molar-refractivity contribution in [2.45, 2.75) is 19.4 Å². The quantitative estimate of drug-likeness (QED) is 0.784. The molecule has 0 aliphatic carbocycles. The van der Waals surface area contributed by atoms with Gasteiger partial charge in [0.25, 0.3) is 5.91 Å². The van der Waals surface area contributed by atoms with E-state index in [1.165, 1.54) is 0 Å². The molecule has 0 bridgehead atoms. The third kappa shape index (κ3) is 3.62. The van der Waals surface area contributed by atoms with E-state index in [-0.39, 0.29) is 23.8 Å². The third-order valence-corrected chi connectivity index (χ3v) is 6.29. The molecule has 2 aromatic rings. The van der Waals surface area contributed by atoms with Crippen LogP contribution in [0.2, 0.25) is 0 Å². The van der Waals surface area contributed by atoms with Crippen LogP contribution in [0.25, 0.3) is 0 Å². The highest BCUT2D eigenvalue weighted by Gasteiger charge is 2.41. The van der Waals surface area contributed by atoms with Gasteiger partial charge in [-0.05, 0) is 36.8 Å². The highest BCUT2D eigenvalue weighted by Crippen LogP contribution is 2.42. The second-order valence-corrected chi connectivity index (χ2v) is 8.06. The summed E-state index contributed by atoms with van der Waals surface area (Å²) in [7, 11) is 3.68. The zero-order valence-electron chi connectivity index (χ0n) is 17.9. The molecule has 6 nitrogen and oxygen atoms in total. The Bertz CT molecular complexity index is 945. The SMILES string of the molecule is CCN1C[C@H]2CN(C)c3ccccc3[C@@H]2N(C(=O)c2cccc(OC)c2)CCC1=O. The van der Waals surface area contributed by atoms with Crippen molar-refractivity contribution in [2.24, 2.45) is 5.92 Å². The van der Waals surface area contributed by atoms with Crippen molar-refractivity contribution in [1.29, 1.82) is 0 Å². The van der Waals surface area contributed by atoms with Gasteiger partial charge >= 0.3 is 0 Å². The van der Waals surface area contributed by atoms with E-state index in [1.807, 2.05) is 47.1 Å². The standard InChI is InChI=1S/C24H29N3O3/c1-4-26-16-18-15-25(2)21-11-6-5-10-20(21)23(18)27(13-12-22(26)28)24(29)17-8-7-9-19(14-17)30-3/h5-11,14,18,23H,4,12-13,15-16H2,1-3H3/t18-,23-/m1/s1. The van der Waals surface area contributed by atoms with Gasteiger partial charge < -0.3 is 19.4 Å². The summed E-state index contributed by atoms with van der Waals surface area (Å²) in [6.07, 6.45) is 0.338. The van der Waals surface area contributed by atoms with Crippen LogP contribution in [0.15, 0.2) is 48.5 Å². The van der Waals surface area contributed by atoms with Gasteiger partial charge in [-0.3, -0.25) is 9.59 Å². The van der Waals surface area contributed by atoms with Gasteiger partial charge in [-0.1, -0.05) is 24.3 Å². The van der Waals surface area contributed by atoms with E-state index in [0.717, 1.165) is 17.8 Å². The summed E-state index contributed by atoms with van der Waals surface area (Å²) in [5.41, 5.74) is 2.89. The lowest BCUT2D eigenvalue weighted by Gasteiger charge is -2.47. The molecular weight excluding hydrogens is 378 g/mol. The Morgan fingerprint density at radius 1 is 1.13 bits per heavy atom. The van der Waals surface area contributed by atoms with E-state index < -0.39 is 0 Å². The summed E-state index contributed by atoms with van der Waals surface area (Å²) in [4.78, 5) is 32.5. The van der Waals surface area contributed by atoms with Crippen LogP contribution < -0.4 is 9.64 Å². The van der Waals surface area contributed by atoms with Crippen LogP contribution in [0, 0.1) is 5.92 Å². The van der Waals surface area contributed by atoms with Crippen LogP contribution in [-0.4, -0.2) is 62.0 Å². The van der Waals surface area contributed by atoms with Gasteiger partial charge in [-0.15, -0.1) is 0 Å². The van der Waals surface area contributed by atoms with Gasteiger partial charge in [0.2, 0.25) is 5.91 Å². The first-order valence-electron chi connectivity index (χ1n) is 10.6. The minimum Gasteiger partial charge on any atom is -0.497 e. The maximum atomic E-state index is 13.7. The molecule has 2 atom stereocenters. The molecule has 158 valence electrons. The van der Waals surface area contributed by atoms with Gasteiger partial charge in [0.1, 0.15) is 5.75 Å². The van der Waals surface area contributed by atoms with Crippen molar-refractivity contribution < 1.29 is 14.3 Å². The van der Waals surface area contributed by atoms with Crippen molar-refractivity contribution >= 4 is 17.5 Å². The molecule has 2 heterocycles. The van der Waals surface area contributed by atoms with Gasteiger partial charge in [0.05, 0.1) is 13.2 Å². The number of hydrogen-bond donors (Lipinski definition) is 0. The van der Waals surface area contributed by atoms with Gasteiger partial charge in [-0.25, -0.2) is 0 Å². The van der Waals surface area contributed by atoms with E-state index in [1.54, 1.807) is 13.2 Å². The molecule has 1 fully saturated rings. The second kappa shape index (κ2) is 8.38. The number of fused-ring (bicyclic) bond motifs is 3. The molecule has 6 heteroatoms. The molecule has 1 saturated heterocycles. The first kappa shape index (κ1) is 20.3. The summed E-state index contributed by atoms with van der Waals surface area (Å²) in [5, 5.41) is 0. The topological polar surface area (TPSA) is 53.1 Å². The average molecular weight is 408 g/mol. The predicted octanol–water partition coefficient (Wildman–Crippen LogP) is 3.20. The number of para-hydroxylation sites is 1. The average Bonchev–Trinajstić information content (AvgIpc) is 2.77. The molecule has 0 spiro atoms. The van der Waals surface area contributed by atoms with Crippen molar-refractivity contribution in [3.05, 3.63) is 59.7 Å². The number of anilines is 1. The summed E-state index contributed by atoms with van der Waals surface area (Å²) < 4.78 is 5.32. The number of amides is 2. The molecule has 0 N–H and O–H groups in total. The second-order valence-electron chi connectivity index (χ2n) is 8.06. The Hall–Kier alpha value is -3.02. The molecular formula is C24H29N3O3. The largest absolute Gasteiger partial charge is 0.497 e. The first-order chi connectivity index (χ1) is 14.5. The first-order valence-corrected chi connectivity index (χ1v) is 10.6. The number of hydrogen-bond acceptors (Lipinski definition) is 4. The van der Waals surface area contributed by atoms with Crippen LogP contribution in [-0.2, 0) is 4.79 Å². The third-order valence-electron chi connectivity index (χ3n) is 6.29. The number of ether oxygens (including phenoxy) is 1. The minimum atomic E-state index is -0.0711. The Balaban J connectivity index is 1.79. The maximum absolute atomic E-state index is 13.7. The minimum absolute atomic E-state index is 0.0546. The van der Waals surface area contributed by atoms with Crippen LogP contribution >= 0.6 is 0 Å². The van der Waals surface area contributed by atoms with E-state index >= 15 is 0 Å². The predicted molar refractivity (Wildman–Crippen MR) is 117 cm³/mol. The molecule has 2 aromatic carbocycles. The number of nitrogens with zero attached hydrogens (tertiary/aromatic N) is 3. The van der Waals surface area contributed by atoms with Gasteiger partial charge in [-0.2, -0.15) is 0 Å². The van der Waals surface area contributed by atoms with E-state index in [2.05, 4.69) is 24.1 Å². The van der Waals surface area contributed by atoms with Crippen LogP contribution in [0.3, 0.4) is 0 Å². The van der Waals surface area contributed by atoms with Gasteiger partial charge in [0.15, 0.2) is 0 Å². The Morgan fingerprint density at radius 2 is 1.93 bits per heavy atom. The monoisotopic (exact) mass is 407 g/mol. The molecule has 0 aromatic heterocycles. The maximum Gasteiger partial charge on any atom is 0.254 e. The summed E-state index contributed by atoms with van der Waals surface area (Å²) in [6, 6.07) is 15.5. The lowest BCUT2D eigenvalue weighted by Crippen LogP contribution is -2.53. The van der Waals surface area contributed by atoms with E-state index in [0.29, 0.717) is 37.4 Å². The molecule has 2 aliphatic rings. The van der Waals surface area contributed by atoms with Crippen LogP contribution in [0.5, 0.6) is 5.75 Å². The Labute approximate surface area is 178 Å². The summed E-state index contributed by atoms with van der Waals surface area (Å²) in [5.74, 6) is 0.854. The van der Waals surface area contributed by atoms with E-state index in [9.17, 15) is 9.59 Å². The molecule has 0 radical (unpaired) electrons. The molecule has 0 unspecified atom stereocenters. The lowest BCUT2D eigenvalue weighted by atomic mass is 9.84. The molecule has 30 heavy (non-hydrogen) atoms. The Kier molecular flexibility index (Phi) is 5.66. The number of carbonyl (C=O) groups excluding carboxylic acids is 2. The van der Waals surface area contributed by atoms with Gasteiger partial charge in [0, 0.05) is 56.8 Å². The highest BCUT2D eigenvalue weighted by molar-refractivity contribution is 5.95. The molecule has 4 rings (SSSR count). The number of methoxy groups -OCH3 is 1. The molecule has 2 amide bonds. The number of carbonyl (C=O) groups is 2. The summed E-state index contributed by atoms with van der Waals surface area (Å²) in [6.45, 7) is 4.57. The normalized spacial score (nSPS) is 21.4. The fourth-order valence-corrected chi connectivity index (χ4v) is 4.82. The van der Waals surface area contributed by atoms with Crippen LogP contribution in [0.1, 0.15) is 35.3 Å². The van der Waals surface area contributed by atoms with Crippen molar-refractivity contribution in [3.8, 4) is 5.75 Å². The fourth-order valence-electron chi connectivity index (χ4n) is 4.82. The van der Waals surface area contributed by atoms with Crippen molar-refractivity contribution in [3.63, 3.8) is 0 Å². The van der Waals surface area contributed by atoms with Crippen molar-refractivity contribution in [2.75, 3.05) is 45.2 Å².